The molecule has 0 saturated heterocycles. The van der Waals surface area contributed by atoms with Crippen molar-refractivity contribution in [3.8, 4) is 0 Å². The van der Waals surface area contributed by atoms with Crippen molar-refractivity contribution in [3.05, 3.63) is 17.0 Å². The third-order valence-electron chi connectivity index (χ3n) is 7.39. The number of hydrogen-bond acceptors (Lipinski definition) is 2. The van der Waals surface area contributed by atoms with Gasteiger partial charge in [-0.1, -0.05) is 0 Å². The van der Waals surface area contributed by atoms with Crippen LogP contribution in [0.25, 0.3) is 0 Å². The molecule has 4 nitrogen and oxygen atoms in total. The van der Waals surface area contributed by atoms with E-state index in [9.17, 15) is 18.0 Å². The Morgan fingerprint density at radius 2 is 1.74 bits per heavy atom. The number of fused-ring (bicyclic) bond motifs is 1. The fraction of sp³-hybridized carbons (Fsp3) is 0.800. The lowest BCUT2D eigenvalue weighted by molar-refractivity contribution is -0.142. The van der Waals surface area contributed by atoms with Gasteiger partial charge in [0.25, 0.3) is 0 Å². The third-order valence-corrected chi connectivity index (χ3v) is 7.39. The van der Waals surface area contributed by atoms with Gasteiger partial charge in [-0.05, 0) is 81.0 Å². The standard InChI is InChI=1S/C20H26F3N3O/c21-20(22,23)18-15-2-1-3-16(15)26(25-18)10-17(27)24-11-19-7-12-4-13(8-19)6-14(5-12)9-19/h12-14H,1-11H2,(H,24,27). The maximum Gasteiger partial charge on any atom is 0.435 e. The number of halogens is 3. The average Bonchev–Trinajstić information content (AvgIpc) is 3.15. The third kappa shape index (κ3) is 3.07. The van der Waals surface area contributed by atoms with Gasteiger partial charge in [-0.25, -0.2) is 0 Å². The summed E-state index contributed by atoms with van der Waals surface area (Å²) in [6, 6.07) is 0. The highest BCUT2D eigenvalue weighted by molar-refractivity contribution is 5.75. The summed E-state index contributed by atoms with van der Waals surface area (Å²) < 4.78 is 40.9. The summed E-state index contributed by atoms with van der Waals surface area (Å²) in [6.45, 7) is 0.565. The molecular formula is C20H26F3N3O. The van der Waals surface area contributed by atoms with Crippen molar-refractivity contribution in [2.75, 3.05) is 6.54 Å². The van der Waals surface area contributed by atoms with E-state index in [-0.39, 0.29) is 23.4 Å². The van der Waals surface area contributed by atoms with Crippen LogP contribution in [0.2, 0.25) is 0 Å². The van der Waals surface area contributed by atoms with E-state index in [1.165, 1.54) is 43.2 Å². The zero-order valence-corrected chi connectivity index (χ0v) is 15.4. The van der Waals surface area contributed by atoms with Gasteiger partial charge in [0, 0.05) is 17.8 Å². The van der Waals surface area contributed by atoms with Crippen molar-refractivity contribution in [1.82, 2.24) is 15.1 Å². The summed E-state index contributed by atoms with van der Waals surface area (Å²) in [7, 11) is 0. The molecule has 1 aromatic rings. The molecule has 4 bridgehead atoms. The average molecular weight is 381 g/mol. The van der Waals surface area contributed by atoms with E-state index in [1.807, 2.05) is 0 Å². The molecule has 6 rings (SSSR count). The fourth-order valence-corrected chi connectivity index (χ4v) is 6.85. The topological polar surface area (TPSA) is 46.9 Å². The smallest absolute Gasteiger partial charge is 0.354 e. The molecule has 148 valence electrons. The van der Waals surface area contributed by atoms with Gasteiger partial charge in [0.05, 0.1) is 0 Å². The number of nitrogens with one attached hydrogen (secondary N) is 1. The van der Waals surface area contributed by atoms with Crippen LogP contribution in [0.5, 0.6) is 0 Å². The summed E-state index contributed by atoms with van der Waals surface area (Å²) in [5.41, 5.74) is 0.306. The molecule has 0 spiro atoms. The second-order valence-corrected chi connectivity index (χ2v) is 9.48. The van der Waals surface area contributed by atoms with Gasteiger partial charge in [-0.15, -0.1) is 0 Å². The molecule has 0 aromatic carbocycles. The van der Waals surface area contributed by atoms with E-state index in [1.54, 1.807) is 0 Å². The lowest BCUT2D eigenvalue weighted by Crippen LogP contribution is -2.51. The SMILES string of the molecule is O=C(Cn1nc(C(F)(F)F)c2c1CCC2)NCC12CC3CC(CC(C3)C1)C2. The summed E-state index contributed by atoms with van der Waals surface area (Å²) in [5.74, 6) is 2.24. The van der Waals surface area contributed by atoms with Crippen molar-refractivity contribution in [3.63, 3.8) is 0 Å². The number of amides is 1. The number of rotatable bonds is 4. The van der Waals surface area contributed by atoms with Crippen molar-refractivity contribution in [2.24, 2.45) is 23.2 Å². The molecule has 4 fully saturated rings. The molecule has 1 heterocycles. The normalized spacial score (nSPS) is 34.1. The van der Waals surface area contributed by atoms with Gasteiger partial charge in [0.15, 0.2) is 5.69 Å². The van der Waals surface area contributed by atoms with Crippen molar-refractivity contribution in [2.45, 2.75) is 70.5 Å². The van der Waals surface area contributed by atoms with Gasteiger partial charge in [-0.3, -0.25) is 9.48 Å². The molecule has 0 radical (unpaired) electrons. The van der Waals surface area contributed by atoms with E-state index < -0.39 is 11.9 Å². The van der Waals surface area contributed by atoms with Crippen molar-refractivity contribution in [1.29, 1.82) is 0 Å². The lowest BCUT2D eigenvalue weighted by atomic mass is 9.49. The Bertz CT molecular complexity index is 732. The second-order valence-electron chi connectivity index (χ2n) is 9.48. The maximum absolute atomic E-state index is 13.2. The molecule has 1 N–H and O–H groups in total. The van der Waals surface area contributed by atoms with Crippen LogP contribution in [0.15, 0.2) is 0 Å². The van der Waals surface area contributed by atoms with Crippen LogP contribution in [-0.4, -0.2) is 22.2 Å². The Balaban J connectivity index is 1.26. The molecule has 5 aliphatic rings. The molecule has 1 amide bonds. The second kappa shape index (κ2) is 5.98. The first kappa shape index (κ1) is 17.6. The molecule has 7 heteroatoms. The van der Waals surface area contributed by atoms with E-state index >= 15 is 0 Å². The van der Waals surface area contributed by atoms with Crippen LogP contribution in [0.4, 0.5) is 13.2 Å². The van der Waals surface area contributed by atoms with E-state index in [0.29, 0.717) is 31.5 Å². The molecule has 0 unspecified atom stereocenters. The zero-order valence-electron chi connectivity index (χ0n) is 15.4. The molecule has 0 aliphatic heterocycles. The van der Waals surface area contributed by atoms with Gasteiger partial charge >= 0.3 is 6.18 Å². The highest BCUT2D eigenvalue weighted by Gasteiger charge is 2.50. The maximum atomic E-state index is 13.2. The Labute approximate surface area is 156 Å². The van der Waals surface area contributed by atoms with Gasteiger partial charge < -0.3 is 5.32 Å². The van der Waals surface area contributed by atoms with Gasteiger partial charge in [-0.2, -0.15) is 18.3 Å². The Morgan fingerprint density at radius 3 is 2.33 bits per heavy atom. The number of carbonyl (C=O) groups is 1. The largest absolute Gasteiger partial charge is 0.435 e. The minimum atomic E-state index is -4.45. The predicted molar refractivity (Wildman–Crippen MR) is 92.9 cm³/mol. The molecular weight excluding hydrogens is 355 g/mol. The van der Waals surface area contributed by atoms with Gasteiger partial charge in [0.1, 0.15) is 6.54 Å². The van der Waals surface area contributed by atoms with Crippen molar-refractivity contribution < 1.29 is 18.0 Å². The predicted octanol–water partition coefficient (Wildman–Crippen LogP) is 3.72. The van der Waals surface area contributed by atoms with Crippen LogP contribution < -0.4 is 5.32 Å². The quantitative estimate of drug-likeness (QED) is 0.864. The van der Waals surface area contributed by atoms with Crippen LogP contribution >= 0.6 is 0 Å². The summed E-state index contributed by atoms with van der Waals surface area (Å²) in [5, 5.41) is 6.79. The fourth-order valence-electron chi connectivity index (χ4n) is 6.85. The minimum Gasteiger partial charge on any atom is -0.354 e. The van der Waals surface area contributed by atoms with Crippen LogP contribution in [0.3, 0.4) is 0 Å². The van der Waals surface area contributed by atoms with Crippen LogP contribution in [0, 0.1) is 23.2 Å². The molecule has 1 aromatic heterocycles. The van der Waals surface area contributed by atoms with Gasteiger partial charge in [0.2, 0.25) is 5.91 Å². The monoisotopic (exact) mass is 381 g/mol. The lowest BCUT2D eigenvalue weighted by Gasteiger charge is -2.56. The summed E-state index contributed by atoms with van der Waals surface area (Å²) in [6.07, 6.45) is 4.89. The first-order valence-corrected chi connectivity index (χ1v) is 10.2. The number of hydrogen-bond donors (Lipinski definition) is 1. The minimum absolute atomic E-state index is 0.106. The summed E-state index contributed by atoms with van der Waals surface area (Å²) >= 11 is 0. The number of alkyl halides is 3. The summed E-state index contributed by atoms with van der Waals surface area (Å²) in [4.78, 5) is 12.5. The number of carbonyl (C=O) groups excluding carboxylic acids is 1. The first-order valence-electron chi connectivity index (χ1n) is 10.2. The van der Waals surface area contributed by atoms with E-state index in [0.717, 1.165) is 17.8 Å². The molecule has 5 aliphatic carbocycles. The van der Waals surface area contributed by atoms with E-state index in [4.69, 9.17) is 0 Å². The Hall–Kier alpha value is -1.53. The number of aromatic nitrogens is 2. The Kier molecular flexibility index (Phi) is 3.89. The molecule has 27 heavy (non-hydrogen) atoms. The van der Waals surface area contributed by atoms with E-state index in [2.05, 4.69) is 10.4 Å². The molecule has 0 atom stereocenters. The first-order chi connectivity index (χ1) is 12.8. The van der Waals surface area contributed by atoms with Crippen LogP contribution in [-0.2, 0) is 30.4 Å². The Morgan fingerprint density at radius 1 is 1.11 bits per heavy atom. The number of nitrogens with zero attached hydrogens (tertiary/aromatic N) is 2. The van der Waals surface area contributed by atoms with Crippen molar-refractivity contribution >= 4 is 5.91 Å². The molecule has 4 saturated carbocycles. The van der Waals surface area contributed by atoms with Crippen LogP contribution in [0.1, 0.15) is 61.9 Å². The zero-order chi connectivity index (χ0) is 18.8. The highest BCUT2D eigenvalue weighted by atomic mass is 19.4. The highest BCUT2D eigenvalue weighted by Crippen LogP contribution is 2.59.